The van der Waals surface area contributed by atoms with E-state index < -0.39 is 11.8 Å². The number of carbonyl (C=O) groups is 1. The van der Waals surface area contributed by atoms with Gasteiger partial charge in [-0.1, -0.05) is 6.07 Å². The minimum atomic E-state index is -0.705. The predicted molar refractivity (Wildman–Crippen MR) is 57.4 cm³/mol. The molecule has 0 N–H and O–H groups in total. The van der Waals surface area contributed by atoms with Gasteiger partial charge in [0.05, 0.1) is 12.8 Å². The van der Waals surface area contributed by atoms with E-state index >= 15 is 0 Å². The van der Waals surface area contributed by atoms with Gasteiger partial charge in [-0.25, -0.2) is 18.9 Å². The second kappa shape index (κ2) is 4.63. The third kappa shape index (κ3) is 1.91. The van der Waals surface area contributed by atoms with E-state index in [1.807, 2.05) is 0 Å². The molecular weight excluding hydrogens is 239 g/mol. The molecule has 0 unspecified atom stereocenters. The summed E-state index contributed by atoms with van der Waals surface area (Å²) in [6, 6.07) is 5.83. The summed E-state index contributed by atoms with van der Waals surface area (Å²) in [5.74, 6) is -1.53. The fraction of sp³-hybridized carbons (Fsp3) is 0.0909. The van der Waals surface area contributed by atoms with Gasteiger partial charge in [-0.2, -0.15) is 5.26 Å². The van der Waals surface area contributed by atoms with Gasteiger partial charge >= 0.3 is 5.97 Å². The van der Waals surface area contributed by atoms with E-state index in [1.165, 1.54) is 31.6 Å². The van der Waals surface area contributed by atoms with Crippen LogP contribution in [0.3, 0.4) is 0 Å². The SMILES string of the molecule is COC(=O)c1ncn(-c2cccc(F)c2C#N)n1. The number of aromatic nitrogens is 3. The first kappa shape index (κ1) is 11.7. The van der Waals surface area contributed by atoms with Crippen molar-refractivity contribution < 1.29 is 13.9 Å². The van der Waals surface area contributed by atoms with Gasteiger partial charge < -0.3 is 4.74 Å². The number of benzene rings is 1. The first-order valence-corrected chi connectivity index (χ1v) is 4.86. The molecular formula is C11H7FN4O2. The maximum atomic E-state index is 13.4. The maximum absolute atomic E-state index is 13.4. The Morgan fingerprint density at radius 2 is 2.33 bits per heavy atom. The molecule has 2 aromatic rings. The number of ether oxygens (including phenoxy) is 1. The summed E-state index contributed by atoms with van der Waals surface area (Å²) in [5.41, 5.74) is 0.0407. The Morgan fingerprint density at radius 1 is 1.56 bits per heavy atom. The molecule has 0 saturated heterocycles. The molecule has 0 fully saturated rings. The average molecular weight is 246 g/mol. The molecule has 0 aliphatic carbocycles. The number of rotatable bonds is 2. The van der Waals surface area contributed by atoms with E-state index in [0.29, 0.717) is 0 Å². The maximum Gasteiger partial charge on any atom is 0.377 e. The number of hydrogen-bond donors (Lipinski definition) is 0. The van der Waals surface area contributed by atoms with Crippen molar-refractivity contribution in [2.45, 2.75) is 0 Å². The highest BCUT2D eigenvalue weighted by atomic mass is 19.1. The number of esters is 1. The number of methoxy groups -OCH3 is 1. The fourth-order valence-corrected chi connectivity index (χ4v) is 1.38. The normalized spacial score (nSPS) is 9.83. The van der Waals surface area contributed by atoms with Crippen molar-refractivity contribution >= 4 is 5.97 Å². The van der Waals surface area contributed by atoms with Crippen molar-refractivity contribution in [3.8, 4) is 11.8 Å². The first-order chi connectivity index (χ1) is 8.67. The van der Waals surface area contributed by atoms with Gasteiger partial charge in [0.25, 0.3) is 5.82 Å². The summed E-state index contributed by atoms with van der Waals surface area (Å²) in [6.07, 6.45) is 1.21. The molecule has 90 valence electrons. The second-order valence-electron chi connectivity index (χ2n) is 3.25. The third-order valence-corrected chi connectivity index (χ3v) is 2.21. The van der Waals surface area contributed by atoms with E-state index in [0.717, 1.165) is 4.68 Å². The molecule has 0 amide bonds. The second-order valence-corrected chi connectivity index (χ2v) is 3.25. The number of nitriles is 1. The average Bonchev–Trinajstić information content (AvgIpc) is 2.87. The van der Waals surface area contributed by atoms with Crippen molar-refractivity contribution in [2.75, 3.05) is 7.11 Å². The van der Waals surface area contributed by atoms with Crippen LogP contribution in [-0.2, 0) is 4.74 Å². The first-order valence-electron chi connectivity index (χ1n) is 4.86. The monoisotopic (exact) mass is 246 g/mol. The van der Waals surface area contributed by atoms with Crippen molar-refractivity contribution in [1.29, 1.82) is 5.26 Å². The Morgan fingerprint density at radius 3 is 3.00 bits per heavy atom. The summed E-state index contributed by atoms with van der Waals surface area (Å²) in [6.45, 7) is 0. The van der Waals surface area contributed by atoms with E-state index in [9.17, 15) is 9.18 Å². The molecule has 0 saturated carbocycles. The van der Waals surface area contributed by atoms with Crippen LogP contribution in [0, 0.1) is 17.1 Å². The Kier molecular flexibility index (Phi) is 3.02. The lowest BCUT2D eigenvalue weighted by atomic mass is 10.2. The number of carbonyl (C=O) groups excluding carboxylic acids is 1. The van der Waals surface area contributed by atoms with Crippen LogP contribution in [0.2, 0.25) is 0 Å². The fourth-order valence-electron chi connectivity index (χ4n) is 1.38. The lowest BCUT2D eigenvalue weighted by molar-refractivity contribution is 0.0587. The van der Waals surface area contributed by atoms with Crippen LogP contribution < -0.4 is 0 Å². The smallest absolute Gasteiger partial charge is 0.377 e. The molecule has 0 radical (unpaired) electrons. The van der Waals surface area contributed by atoms with Crippen molar-refractivity contribution in [3.63, 3.8) is 0 Å². The van der Waals surface area contributed by atoms with Gasteiger partial charge in [0.2, 0.25) is 0 Å². The summed E-state index contributed by atoms with van der Waals surface area (Å²) in [4.78, 5) is 14.9. The zero-order valence-electron chi connectivity index (χ0n) is 9.29. The van der Waals surface area contributed by atoms with Crippen LogP contribution >= 0.6 is 0 Å². The Labute approximate surface area is 101 Å². The largest absolute Gasteiger partial charge is 0.463 e. The standard InChI is InChI=1S/C11H7FN4O2/c1-18-11(17)10-14-6-16(15-10)9-4-2-3-8(12)7(9)5-13/h2-4,6H,1H3. The molecule has 1 aromatic heterocycles. The van der Waals surface area contributed by atoms with Gasteiger partial charge in [-0.05, 0) is 12.1 Å². The van der Waals surface area contributed by atoms with Crippen molar-refractivity contribution in [1.82, 2.24) is 14.8 Å². The van der Waals surface area contributed by atoms with Crippen LogP contribution in [-0.4, -0.2) is 27.8 Å². The molecule has 0 aliphatic rings. The minimum Gasteiger partial charge on any atom is -0.463 e. The summed E-state index contributed by atoms with van der Waals surface area (Å²) in [5, 5.41) is 12.7. The Bertz CT molecular complexity index is 645. The molecule has 0 aliphatic heterocycles. The Balaban J connectivity index is 2.50. The van der Waals surface area contributed by atoms with Gasteiger partial charge in [0.15, 0.2) is 0 Å². The molecule has 1 heterocycles. The number of hydrogen-bond acceptors (Lipinski definition) is 5. The van der Waals surface area contributed by atoms with E-state index in [1.54, 1.807) is 6.07 Å². The highest BCUT2D eigenvalue weighted by molar-refractivity contribution is 5.84. The Hall–Kier alpha value is -2.75. The molecule has 1 aromatic carbocycles. The van der Waals surface area contributed by atoms with Crippen molar-refractivity contribution in [3.05, 3.63) is 41.7 Å². The van der Waals surface area contributed by atoms with E-state index in [2.05, 4.69) is 14.8 Å². The lowest BCUT2D eigenvalue weighted by Gasteiger charge is -2.02. The molecule has 6 nitrogen and oxygen atoms in total. The van der Waals surface area contributed by atoms with Crippen LogP contribution in [0.4, 0.5) is 4.39 Å². The highest BCUT2D eigenvalue weighted by Crippen LogP contribution is 2.16. The quantitative estimate of drug-likeness (QED) is 0.740. The summed E-state index contributed by atoms with van der Waals surface area (Å²) >= 11 is 0. The molecule has 2 rings (SSSR count). The van der Waals surface area contributed by atoms with Crippen LogP contribution in [0.15, 0.2) is 24.5 Å². The number of nitrogens with zero attached hydrogens (tertiary/aromatic N) is 4. The predicted octanol–water partition coefficient (Wildman–Crippen LogP) is 1.06. The molecule has 0 atom stereocenters. The summed E-state index contributed by atoms with van der Waals surface area (Å²) < 4.78 is 19.0. The molecule has 0 bridgehead atoms. The molecule has 18 heavy (non-hydrogen) atoms. The van der Waals surface area contributed by atoms with Gasteiger partial charge in [0, 0.05) is 0 Å². The topological polar surface area (TPSA) is 80.8 Å². The molecule has 0 spiro atoms. The van der Waals surface area contributed by atoms with E-state index in [-0.39, 0.29) is 17.1 Å². The van der Waals surface area contributed by atoms with Gasteiger partial charge in [-0.15, -0.1) is 5.10 Å². The number of halogens is 1. The van der Waals surface area contributed by atoms with Gasteiger partial charge in [0.1, 0.15) is 23.8 Å². The van der Waals surface area contributed by atoms with Crippen LogP contribution in [0.1, 0.15) is 16.2 Å². The van der Waals surface area contributed by atoms with Crippen LogP contribution in [0.5, 0.6) is 0 Å². The highest BCUT2D eigenvalue weighted by Gasteiger charge is 2.15. The summed E-state index contributed by atoms with van der Waals surface area (Å²) in [7, 11) is 1.20. The third-order valence-electron chi connectivity index (χ3n) is 2.21. The van der Waals surface area contributed by atoms with E-state index in [4.69, 9.17) is 5.26 Å². The zero-order valence-corrected chi connectivity index (χ0v) is 9.29. The van der Waals surface area contributed by atoms with Crippen LogP contribution in [0.25, 0.3) is 5.69 Å². The lowest BCUT2D eigenvalue weighted by Crippen LogP contribution is -2.06. The zero-order chi connectivity index (χ0) is 13.1. The minimum absolute atomic E-state index is 0.161. The van der Waals surface area contributed by atoms with Gasteiger partial charge in [-0.3, -0.25) is 0 Å². The van der Waals surface area contributed by atoms with Crippen molar-refractivity contribution in [2.24, 2.45) is 0 Å². The molecule has 7 heteroatoms.